The highest BCUT2D eigenvalue weighted by Gasteiger charge is 2.47. The number of benzene rings is 3. The maximum atomic E-state index is 13.5. The molecule has 1 N–H and O–H groups in total. The summed E-state index contributed by atoms with van der Waals surface area (Å²) >= 11 is 3.36. The lowest BCUT2D eigenvalue weighted by atomic mass is 10.1. The van der Waals surface area contributed by atoms with E-state index in [1.165, 1.54) is 17.0 Å². The molecule has 0 aliphatic carbocycles. The summed E-state index contributed by atoms with van der Waals surface area (Å²) in [5.74, 6) is -0.937. The van der Waals surface area contributed by atoms with E-state index >= 15 is 0 Å². The Labute approximate surface area is 194 Å². The van der Waals surface area contributed by atoms with E-state index < -0.39 is 27.5 Å². The van der Waals surface area contributed by atoms with Gasteiger partial charge in [-0.1, -0.05) is 46.3 Å². The average Bonchev–Trinajstić information content (AvgIpc) is 3.07. The van der Waals surface area contributed by atoms with Crippen LogP contribution in [0.5, 0.6) is 5.75 Å². The number of aliphatic hydroxyl groups excluding tert-OH is 1. The zero-order chi connectivity index (χ0) is 22.9. The highest BCUT2D eigenvalue weighted by Crippen LogP contribution is 2.45. The first-order valence-corrected chi connectivity index (χ1v) is 12.2. The summed E-state index contributed by atoms with van der Waals surface area (Å²) in [5.41, 5.74) is 0.991. The van der Waals surface area contributed by atoms with Crippen LogP contribution < -0.4 is 9.64 Å². The van der Waals surface area contributed by atoms with Gasteiger partial charge >= 0.3 is 0 Å². The molecule has 0 unspecified atom stereocenters. The fourth-order valence-electron chi connectivity index (χ4n) is 3.67. The van der Waals surface area contributed by atoms with Crippen molar-refractivity contribution in [2.75, 3.05) is 11.5 Å². The summed E-state index contributed by atoms with van der Waals surface area (Å²) in [6, 6.07) is 20.4. The molecular weight excluding hydrogens is 494 g/mol. The lowest BCUT2D eigenvalue weighted by Gasteiger charge is -2.27. The van der Waals surface area contributed by atoms with Gasteiger partial charge in [-0.05, 0) is 61.0 Å². The molecule has 4 rings (SSSR count). The predicted molar refractivity (Wildman–Crippen MR) is 125 cm³/mol. The van der Waals surface area contributed by atoms with Crippen molar-refractivity contribution >= 4 is 37.4 Å². The Hall–Kier alpha value is -3.10. The second kappa shape index (κ2) is 8.80. The van der Waals surface area contributed by atoms with Crippen LogP contribution >= 0.6 is 15.9 Å². The standard InChI is InChI=1S/C24H20BrNO5S/c1-2-31-19-14-8-16(9-15-19)21-23(32(29,30)20-6-4-3-5-7-20)22(27)24(28)26(21)18-12-10-17(25)11-13-18/h3-15,21,27H,2H2,1H3/t21-/m0/s1. The van der Waals surface area contributed by atoms with Crippen molar-refractivity contribution in [2.24, 2.45) is 0 Å². The molecule has 32 heavy (non-hydrogen) atoms. The van der Waals surface area contributed by atoms with Crippen molar-refractivity contribution in [3.05, 3.63) is 99.6 Å². The van der Waals surface area contributed by atoms with Gasteiger partial charge in [0.15, 0.2) is 5.76 Å². The van der Waals surface area contributed by atoms with Crippen molar-refractivity contribution in [1.29, 1.82) is 0 Å². The van der Waals surface area contributed by atoms with Crippen LogP contribution in [0, 0.1) is 0 Å². The molecular formula is C24H20BrNO5S. The van der Waals surface area contributed by atoms with E-state index in [4.69, 9.17) is 4.74 Å². The van der Waals surface area contributed by atoms with Crippen molar-refractivity contribution in [2.45, 2.75) is 17.9 Å². The first-order valence-electron chi connectivity index (χ1n) is 9.89. The van der Waals surface area contributed by atoms with E-state index in [0.717, 1.165) is 4.47 Å². The summed E-state index contributed by atoms with van der Waals surface area (Å²) in [6.45, 7) is 2.35. The number of carbonyl (C=O) groups excluding carboxylic acids is 1. The van der Waals surface area contributed by atoms with E-state index in [1.54, 1.807) is 66.7 Å². The molecule has 1 amide bonds. The SMILES string of the molecule is CCOc1ccc([C@H]2C(S(=O)(=O)c3ccccc3)=C(O)C(=O)N2c2ccc(Br)cc2)cc1. The molecule has 1 heterocycles. The summed E-state index contributed by atoms with van der Waals surface area (Å²) in [6.07, 6.45) is 0. The van der Waals surface area contributed by atoms with Crippen molar-refractivity contribution in [3.8, 4) is 5.75 Å². The molecule has 1 aliphatic heterocycles. The van der Waals surface area contributed by atoms with Gasteiger partial charge in [0.1, 0.15) is 16.7 Å². The topological polar surface area (TPSA) is 83.9 Å². The minimum Gasteiger partial charge on any atom is -0.502 e. The zero-order valence-electron chi connectivity index (χ0n) is 17.1. The number of halogens is 1. The maximum Gasteiger partial charge on any atom is 0.295 e. The summed E-state index contributed by atoms with van der Waals surface area (Å²) in [4.78, 5) is 14.1. The van der Waals surface area contributed by atoms with Gasteiger partial charge in [0.25, 0.3) is 5.91 Å². The third-order valence-electron chi connectivity index (χ3n) is 5.12. The Balaban J connectivity index is 1.90. The minimum absolute atomic E-state index is 0.00272. The number of hydrogen-bond donors (Lipinski definition) is 1. The van der Waals surface area contributed by atoms with Crippen molar-refractivity contribution in [3.63, 3.8) is 0 Å². The lowest BCUT2D eigenvalue weighted by molar-refractivity contribution is -0.117. The number of rotatable bonds is 6. The number of aliphatic hydroxyl groups is 1. The molecule has 0 saturated carbocycles. The number of hydrogen-bond acceptors (Lipinski definition) is 5. The van der Waals surface area contributed by atoms with Gasteiger partial charge in [-0.2, -0.15) is 0 Å². The van der Waals surface area contributed by atoms with Gasteiger partial charge in [0.05, 0.1) is 11.5 Å². The molecule has 0 saturated heterocycles. The Kier molecular flexibility index (Phi) is 6.08. The van der Waals surface area contributed by atoms with Gasteiger partial charge in [-0.25, -0.2) is 8.42 Å². The van der Waals surface area contributed by atoms with Crippen LogP contribution in [0.4, 0.5) is 5.69 Å². The smallest absolute Gasteiger partial charge is 0.295 e. The average molecular weight is 514 g/mol. The zero-order valence-corrected chi connectivity index (χ0v) is 19.5. The third kappa shape index (κ3) is 3.91. The molecule has 0 bridgehead atoms. The van der Waals surface area contributed by atoms with Crippen LogP contribution in [-0.4, -0.2) is 26.0 Å². The first kappa shape index (κ1) is 22.1. The fourth-order valence-corrected chi connectivity index (χ4v) is 5.58. The van der Waals surface area contributed by atoms with Crippen molar-refractivity contribution in [1.82, 2.24) is 0 Å². The Morgan fingerprint density at radius 3 is 2.19 bits per heavy atom. The van der Waals surface area contributed by atoms with Gasteiger partial charge in [0.2, 0.25) is 9.84 Å². The van der Waals surface area contributed by atoms with Gasteiger partial charge in [0, 0.05) is 10.2 Å². The molecule has 0 spiro atoms. The van der Waals surface area contributed by atoms with Crippen LogP contribution in [0.2, 0.25) is 0 Å². The van der Waals surface area contributed by atoms with Crippen LogP contribution in [-0.2, 0) is 14.6 Å². The molecule has 0 radical (unpaired) electrons. The highest BCUT2D eigenvalue weighted by molar-refractivity contribution is 9.10. The van der Waals surface area contributed by atoms with Crippen LogP contribution in [0.25, 0.3) is 0 Å². The Bertz CT molecular complexity index is 1270. The Morgan fingerprint density at radius 1 is 0.969 bits per heavy atom. The van der Waals surface area contributed by atoms with Gasteiger partial charge in [-0.15, -0.1) is 0 Å². The summed E-state index contributed by atoms with van der Waals surface area (Å²) < 4.78 is 33.4. The molecule has 3 aromatic rings. The summed E-state index contributed by atoms with van der Waals surface area (Å²) in [7, 11) is -4.16. The largest absolute Gasteiger partial charge is 0.502 e. The predicted octanol–water partition coefficient (Wildman–Crippen LogP) is 5.18. The molecule has 0 aromatic heterocycles. The molecule has 1 atom stereocenters. The number of nitrogens with zero attached hydrogens (tertiary/aromatic N) is 1. The van der Waals surface area contributed by atoms with Gasteiger partial charge < -0.3 is 9.84 Å². The monoisotopic (exact) mass is 513 g/mol. The molecule has 164 valence electrons. The van der Waals surface area contributed by atoms with Crippen LogP contribution in [0.3, 0.4) is 0 Å². The first-order chi connectivity index (χ1) is 15.3. The second-order valence-corrected chi connectivity index (χ2v) is 9.92. The molecule has 0 fully saturated rings. The lowest BCUT2D eigenvalue weighted by Crippen LogP contribution is -2.31. The van der Waals surface area contributed by atoms with Crippen molar-refractivity contribution < 1.29 is 23.1 Å². The van der Waals surface area contributed by atoms with E-state index in [1.807, 2.05) is 6.92 Å². The van der Waals surface area contributed by atoms with Crippen LogP contribution in [0.15, 0.2) is 98.9 Å². The second-order valence-electron chi connectivity index (χ2n) is 7.09. The van der Waals surface area contributed by atoms with Gasteiger partial charge in [-0.3, -0.25) is 9.69 Å². The fraction of sp³-hybridized carbons (Fsp3) is 0.125. The molecule has 8 heteroatoms. The Morgan fingerprint density at radius 2 is 1.59 bits per heavy atom. The minimum atomic E-state index is -4.16. The number of sulfone groups is 1. The van der Waals surface area contributed by atoms with E-state index in [-0.39, 0.29) is 9.80 Å². The normalized spacial score (nSPS) is 16.5. The third-order valence-corrected chi connectivity index (χ3v) is 7.53. The van der Waals surface area contributed by atoms with Crippen LogP contribution in [0.1, 0.15) is 18.5 Å². The molecule has 3 aromatic carbocycles. The molecule has 1 aliphatic rings. The van der Waals surface area contributed by atoms with E-state index in [0.29, 0.717) is 23.6 Å². The highest BCUT2D eigenvalue weighted by atomic mass is 79.9. The number of carbonyl (C=O) groups is 1. The number of ether oxygens (including phenoxy) is 1. The summed E-state index contributed by atoms with van der Waals surface area (Å²) in [5, 5.41) is 10.8. The van der Waals surface area contributed by atoms with E-state index in [2.05, 4.69) is 15.9 Å². The van der Waals surface area contributed by atoms with E-state index in [9.17, 15) is 18.3 Å². The number of anilines is 1. The maximum absolute atomic E-state index is 13.5. The number of amides is 1. The quantitative estimate of drug-likeness (QED) is 0.490. The molecule has 6 nitrogen and oxygen atoms in total.